The maximum Gasteiger partial charge on any atom is 0.269 e. The molecule has 0 fully saturated rings. The number of aromatic nitrogens is 2. The monoisotopic (exact) mass is 221 g/mol. The van der Waals surface area contributed by atoms with Crippen LogP contribution < -0.4 is 5.73 Å². The van der Waals surface area contributed by atoms with Gasteiger partial charge in [-0.05, 0) is 6.07 Å². The number of carbonyl (C=O) groups excluding carboxylic acids is 1. The third-order valence-corrected chi connectivity index (χ3v) is 1.50. The summed E-state index contributed by atoms with van der Waals surface area (Å²) in [7, 11) is 0. The van der Waals surface area contributed by atoms with E-state index in [9.17, 15) is 4.79 Å². The van der Waals surface area contributed by atoms with Gasteiger partial charge < -0.3 is 15.9 Å². The van der Waals surface area contributed by atoms with Crippen LogP contribution in [0.5, 0.6) is 0 Å². The highest BCUT2D eigenvalue weighted by atomic mass is 35.5. The summed E-state index contributed by atoms with van der Waals surface area (Å²) < 4.78 is 1.35. The van der Waals surface area contributed by atoms with Crippen LogP contribution in [-0.4, -0.2) is 38.6 Å². The van der Waals surface area contributed by atoms with Crippen molar-refractivity contribution < 1.29 is 15.0 Å². The van der Waals surface area contributed by atoms with Crippen molar-refractivity contribution in [2.24, 2.45) is 5.73 Å². The maximum absolute atomic E-state index is 10.6. The van der Waals surface area contributed by atoms with Gasteiger partial charge in [0.15, 0.2) is 0 Å². The van der Waals surface area contributed by atoms with E-state index >= 15 is 0 Å². The molecule has 0 aliphatic rings. The molecule has 0 bridgehead atoms. The fourth-order valence-electron chi connectivity index (χ4n) is 0.868. The zero-order valence-electron chi connectivity index (χ0n) is 7.33. The summed E-state index contributed by atoms with van der Waals surface area (Å²) >= 11 is 0. The number of nitrogens with zero attached hydrogens (tertiary/aromatic N) is 2. The van der Waals surface area contributed by atoms with Gasteiger partial charge in [0.25, 0.3) is 5.91 Å². The molecule has 1 aromatic rings. The zero-order chi connectivity index (χ0) is 9.84. The minimum Gasteiger partial charge on any atom is -0.394 e. The Morgan fingerprint density at radius 1 is 1.71 bits per heavy atom. The topological polar surface area (TPSA) is 101 Å². The summed E-state index contributed by atoms with van der Waals surface area (Å²) in [5.74, 6) is -0.614. The molecule has 0 radical (unpaired) electrons. The van der Waals surface area contributed by atoms with E-state index in [2.05, 4.69) is 5.10 Å². The van der Waals surface area contributed by atoms with Gasteiger partial charge in [-0.25, -0.2) is 0 Å². The number of aliphatic hydroxyl groups excluding tert-OH is 2. The summed E-state index contributed by atoms with van der Waals surface area (Å²) in [6.07, 6.45) is 0.638. The summed E-state index contributed by atoms with van der Waals surface area (Å²) in [6.45, 7) is -0.199. The van der Waals surface area contributed by atoms with Gasteiger partial charge in [0.1, 0.15) is 5.69 Å². The highest BCUT2D eigenvalue weighted by Crippen LogP contribution is 1.95. The summed E-state index contributed by atoms with van der Waals surface area (Å²) in [4.78, 5) is 10.6. The highest BCUT2D eigenvalue weighted by Gasteiger charge is 2.07. The van der Waals surface area contributed by atoms with Crippen LogP contribution in [-0.2, 0) is 6.54 Å². The standard InChI is InChI=1S/C7H11N3O3.ClH/c8-7(13)6-1-2-10(9-6)3-5(12)4-11;/h1-2,5,11-12H,3-4H2,(H2,8,13);1H/t5-;/m1./s1. The van der Waals surface area contributed by atoms with E-state index in [0.717, 1.165) is 0 Å². The fourth-order valence-corrected chi connectivity index (χ4v) is 0.868. The number of carbonyl (C=O) groups is 1. The maximum atomic E-state index is 10.6. The van der Waals surface area contributed by atoms with Crippen LogP contribution in [0.2, 0.25) is 0 Å². The van der Waals surface area contributed by atoms with Gasteiger partial charge in [0.05, 0.1) is 19.3 Å². The Hall–Kier alpha value is -1.11. The Balaban J connectivity index is 0.00000169. The van der Waals surface area contributed by atoms with Crippen LogP contribution in [0, 0.1) is 0 Å². The van der Waals surface area contributed by atoms with Crippen LogP contribution >= 0.6 is 12.4 Å². The van der Waals surface area contributed by atoms with Gasteiger partial charge in [0, 0.05) is 6.20 Å². The van der Waals surface area contributed by atoms with Crippen molar-refractivity contribution in [2.75, 3.05) is 6.61 Å². The fraction of sp³-hybridized carbons (Fsp3) is 0.429. The first-order valence-corrected chi connectivity index (χ1v) is 3.75. The van der Waals surface area contributed by atoms with Crippen LogP contribution in [0.15, 0.2) is 12.3 Å². The average molecular weight is 222 g/mol. The van der Waals surface area contributed by atoms with Crippen LogP contribution in [0.3, 0.4) is 0 Å². The highest BCUT2D eigenvalue weighted by molar-refractivity contribution is 5.90. The van der Waals surface area contributed by atoms with E-state index in [1.807, 2.05) is 0 Å². The molecule has 0 aliphatic heterocycles. The van der Waals surface area contributed by atoms with Crippen LogP contribution in [0.4, 0.5) is 0 Å². The number of hydrogen-bond acceptors (Lipinski definition) is 4. The lowest BCUT2D eigenvalue weighted by atomic mass is 10.4. The summed E-state index contributed by atoms with van der Waals surface area (Å²) in [6, 6.07) is 1.45. The van der Waals surface area contributed by atoms with E-state index in [-0.39, 0.29) is 31.3 Å². The normalized spacial score (nSPS) is 11.9. The van der Waals surface area contributed by atoms with Gasteiger partial charge >= 0.3 is 0 Å². The molecular weight excluding hydrogens is 210 g/mol. The molecule has 1 atom stereocenters. The molecule has 1 rings (SSSR count). The number of halogens is 1. The average Bonchev–Trinajstić information content (AvgIpc) is 2.52. The second-order valence-corrected chi connectivity index (χ2v) is 2.62. The number of rotatable bonds is 4. The first kappa shape index (κ1) is 12.9. The molecule has 6 nitrogen and oxygen atoms in total. The first-order valence-electron chi connectivity index (χ1n) is 3.75. The van der Waals surface area contributed by atoms with Crippen molar-refractivity contribution in [3.8, 4) is 0 Å². The minimum absolute atomic E-state index is 0. The molecule has 1 aromatic heterocycles. The molecule has 14 heavy (non-hydrogen) atoms. The summed E-state index contributed by atoms with van der Waals surface area (Å²) in [5.41, 5.74) is 5.11. The number of amides is 1. The molecule has 0 unspecified atom stereocenters. The molecule has 0 saturated heterocycles. The van der Waals surface area contributed by atoms with Crippen molar-refractivity contribution in [3.05, 3.63) is 18.0 Å². The predicted molar refractivity (Wildman–Crippen MR) is 51.1 cm³/mol. The smallest absolute Gasteiger partial charge is 0.269 e. The van der Waals surface area contributed by atoms with Crippen molar-refractivity contribution in [2.45, 2.75) is 12.6 Å². The molecule has 0 aromatic carbocycles. The Labute approximate surface area is 86.7 Å². The van der Waals surface area contributed by atoms with Crippen molar-refractivity contribution in [1.82, 2.24) is 9.78 Å². The third-order valence-electron chi connectivity index (χ3n) is 1.50. The molecular formula is C7H12ClN3O3. The van der Waals surface area contributed by atoms with Gasteiger partial charge in [-0.15, -0.1) is 12.4 Å². The molecule has 0 saturated carbocycles. The van der Waals surface area contributed by atoms with Gasteiger partial charge in [-0.2, -0.15) is 5.10 Å². The largest absolute Gasteiger partial charge is 0.394 e. The quantitative estimate of drug-likeness (QED) is 0.592. The van der Waals surface area contributed by atoms with E-state index < -0.39 is 12.0 Å². The number of hydrogen-bond donors (Lipinski definition) is 3. The van der Waals surface area contributed by atoms with Crippen molar-refractivity contribution in [1.29, 1.82) is 0 Å². The Morgan fingerprint density at radius 2 is 2.36 bits per heavy atom. The van der Waals surface area contributed by atoms with E-state index in [0.29, 0.717) is 0 Å². The van der Waals surface area contributed by atoms with Crippen molar-refractivity contribution >= 4 is 18.3 Å². The number of aliphatic hydroxyl groups is 2. The second kappa shape index (κ2) is 5.58. The predicted octanol–water partition coefficient (Wildman–Crippen LogP) is -1.24. The van der Waals surface area contributed by atoms with E-state index in [4.69, 9.17) is 15.9 Å². The van der Waals surface area contributed by atoms with E-state index in [1.54, 1.807) is 0 Å². The Morgan fingerprint density at radius 3 is 2.79 bits per heavy atom. The zero-order valence-corrected chi connectivity index (χ0v) is 8.15. The Kier molecular flexibility index (Phi) is 5.14. The number of primary amides is 1. The molecule has 1 amide bonds. The third kappa shape index (κ3) is 3.33. The summed E-state index contributed by atoms with van der Waals surface area (Å²) in [5, 5.41) is 21.3. The van der Waals surface area contributed by atoms with E-state index in [1.165, 1.54) is 16.9 Å². The lowest BCUT2D eigenvalue weighted by Gasteiger charge is -2.05. The van der Waals surface area contributed by atoms with Gasteiger partial charge in [0.2, 0.25) is 0 Å². The molecule has 7 heteroatoms. The lowest BCUT2D eigenvalue weighted by molar-refractivity contribution is 0.0779. The molecule has 80 valence electrons. The lowest BCUT2D eigenvalue weighted by Crippen LogP contribution is -2.21. The second-order valence-electron chi connectivity index (χ2n) is 2.62. The molecule has 4 N–H and O–H groups in total. The minimum atomic E-state index is -0.874. The van der Waals surface area contributed by atoms with Gasteiger partial charge in [-0.1, -0.05) is 0 Å². The molecule has 0 spiro atoms. The Bertz CT molecular complexity index is 302. The first-order chi connectivity index (χ1) is 6.13. The van der Waals surface area contributed by atoms with Gasteiger partial charge in [-0.3, -0.25) is 9.48 Å². The van der Waals surface area contributed by atoms with Crippen molar-refractivity contribution in [3.63, 3.8) is 0 Å². The van der Waals surface area contributed by atoms with Crippen LogP contribution in [0.1, 0.15) is 10.5 Å². The van der Waals surface area contributed by atoms with Crippen LogP contribution in [0.25, 0.3) is 0 Å². The molecule has 1 heterocycles. The number of nitrogens with two attached hydrogens (primary N) is 1. The SMILES string of the molecule is Cl.NC(=O)c1ccn(C[C@@H](O)CO)n1. The molecule has 0 aliphatic carbocycles.